The van der Waals surface area contributed by atoms with Crippen molar-refractivity contribution in [1.29, 1.82) is 0 Å². The summed E-state index contributed by atoms with van der Waals surface area (Å²) in [5.41, 5.74) is 2.48. The predicted octanol–water partition coefficient (Wildman–Crippen LogP) is 6.16. The Morgan fingerprint density at radius 3 is 2.43 bits per heavy atom. The van der Waals surface area contributed by atoms with Gasteiger partial charge in [-0.2, -0.15) is 4.99 Å². The molecule has 5 aliphatic rings. The Balaban J connectivity index is 1.22. The third kappa shape index (κ3) is 3.43. The van der Waals surface area contributed by atoms with Crippen molar-refractivity contribution < 1.29 is 4.79 Å². The second-order valence-corrected chi connectivity index (χ2v) is 11.6. The van der Waals surface area contributed by atoms with E-state index in [4.69, 9.17) is 16.6 Å². The minimum Gasteiger partial charge on any atom is -0.300 e. The van der Waals surface area contributed by atoms with Gasteiger partial charge in [0, 0.05) is 15.8 Å². The number of aliphatic imine (C=N–C) groups is 1. The van der Waals surface area contributed by atoms with Crippen molar-refractivity contribution in [2.24, 2.45) is 22.7 Å². The Labute approximate surface area is 189 Å². The molecule has 0 atom stereocenters. The first-order chi connectivity index (χ1) is 14.5. The molecule has 1 N–H and O–H groups in total. The van der Waals surface area contributed by atoms with Crippen LogP contribution in [0.2, 0.25) is 5.02 Å². The highest BCUT2D eigenvalue weighted by atomic mass is 35.5. The number of carbonyl (C=O) groups excluding carboxylic acids is 1. The lowest BCUT2D eigenvalue weighted by Gasteiger charge is -2.56. The zero-order valence-electron chi connectivity index (χ0n) is 16.4. The fraction of sp³-hybridized carbons (Fsp3) is 0.435. The second-order valence-electron chi connectivity index (χ2n) is 9.25. The average molecular weight is 456 g/mol. The van der Waals surface area contributed by atoms with E-state index < -0.39 is 0 Å². The van der Waals surface area contributed by atoms with E-state index in [-0.39, 0.29) is 11.3 Å². The number of thiazole rings is 1. The average Bonchev–Trinajstić information content (AvgIpc) is 3.30. The van der Waals surface area contributed by atoms with Gasteiger partial charge in [0.2, 0.25) is 5.13 Å². The summed E-state index contributed by atoms with van der Waals surface area (Å²) in [5.74, 6) is 2.58. The van der Waals surface area contributed by atoms with E-state index in [1.54, 1.807) is 11.3 Å². The van der Waals surface area contributed by atoms with Crippen LogP contribution in [0.3, 0.4) is 0 Å². The molecule has 1 aromatic carbocycles. The molecule has 154 valence electrons. The second kappa shape index (κ2) is 7.21. The molecule has 5 fully saturated rings. The highest BCUT2D eigenvalue weighted by Crippen LogP contribution is 2.60. The molecule has 7 rings (SSSR count). The lowest BCUT2D eigenvalue weighted by atomic mass is 9.49. The number of hydrogen-bond acceptors (Lipinski definition) is 5. The lowest BCUT2D eigenvalue weighted by Crippen LogP contribution is -2.48. The standard InChI is InChI=1S/C23H22ClN3OS2/c24-17-3-1-13(2-4-17)8-18-20(28)26-22(30-18)27-21-25-19(12-29-21)23-9-14-5-15(10-23)7-16(6-14)11-23/h1-4,8,12,14-16H,5-7,9-11H2,(H,25,26,27,28)/b18-8-. The molecule has 1 amide bonds. The molecule has 30 heavy (non-hydrogen) atoms. The summed E-state index contributed by atoms with van der Waals surface area (Å²) in [4.78, 5) is 22.6. The monoisotopic (exact) mass is 455 g/mol. The van der Waals surface area contributed by atoms with Crippen LogP contribution in [-0.2, 0) is 10.2 Å². The van der Waals surface area contributed by atoms with Crippen molar-refractivity contribution in [3.63, 3.8) is 0 Å². The lowest BCUT2D eigenvalue weighted by molar-refractivity contribution is -0.115. The van der Waals surface area contributed by atoms with E-state index in [9.17, 15) is 4.79 Å². The smallest absolute Gasteiger partial charge is 0.264 e. The Kier molecular flexibility index (Phi) is 4.59. The Bertz CT molecular complexity index is 1040. The molecule has 2 heterocycles. The van der Waals surface area contributed by atoms with Crippen LogP contribution in [-0.4, -0.2) is 16.1 Å². The van der Waals surface area contributed by atoms with Crippen LogP contribution in [0.25, 0.3) is 6.08 Å². The number of thioether (sulfide) groups is 1. The van der Waals surface area contributed by atoms with E-state index in [0.717, 1.165) is 28.4 Å². The highest BCUT2D eigenvalue weighted by molar-refractivity contribution is 8.18. The van der Waals surface area contributed by atoms with Crippen LogP contribution in [0, 0.1) is 17.8 Å². The number of nitrogens with zero attached hydrogens (tertiary/aromatic N) is 2. The van der Waals surface area contributed by atoms with Gasteiger partial charge in [-0.3, -0.25) is 4.79 Å². The molecule has 4 nitrogen and oxygen atoms in total. The summed E-state index contributed by atoms with van der Waals surface area (Å²) in [6.45, 7) is 0. The number of nitrogens with one attached hydrogen (secondary N) is 1. The number of halogens is 1. The summed E-state index contributed by atoms with van der Waals surface area (Å²) in [5, 5.41) is 7.13. The molecule has 7 heteroatoms. The van der Waals surface area contributed by atoms with Crippen molar-refractivity contribution in [2.75, 3.05) is 0 Å². The van der Waals surface area contributed by atoms with E-state index >= 15 is 0 Å². The highest BCUT2D eigenvalue weighted by Gasteiger charge is 2.52. The summed E-state index contributed by atoms with van der Waals surface area (Å²) in [6, 6.07) is 7.44. The molecule has 2 aromatic rings. The molecular formula is C23H22ClN3OS2. The van der Waals surface area contributed by atoms with Crippen LogP contribution >= 0.6 is 34.7 Å². The third-order valence-corrected chi connectivity index (χ3v) is 8.99. The van der Waals surface area contributed by atoms with Gasteiger partial charge >= 0.3 is 0 Å². The van der Waals surface area contributed by atoms with Gasteiger partial charge in [-0.05, 0) is 91.8 Å². The van der Waals surface area contributed by atoms with Crippen LogP contribution in [0.5, 0.6) is 0 Å². The van der Waals surface area contributed by atoms with Gasteiger partial charge in [-0.1, -0.05) is 23.7 Å². The Morgan fingerprint density at radius 2 is 1.77 bits per heavy atom. The summed E-state index contributed by atoms with van der Waals surface area (Å²) < 4.78 is 0. The van der Waals surface area contributed by atoms with Crippen LogP contribution in [0.15, 0.2) is 39.5 Å². The maximum Gasteiger partial charge on any atom is 0.264 e. The first-order valence-corrected chi connectivity index (χ1v) is 12.6. The molecule has 0 spiro atoms. The number of carbonyl (C=O) groups is 1. The molecule has 0 unspecified atom stereocenters. The van der Waals surface area contributed by atoms with Gasteiger partial charge in [-0.15, -0.1) is 11.3 Å². The molecule has 1 aromatic heterocycles. The van der Waals surface area contributed by atoms with Gasteiger partial charge in [0.25, 0.3) is 5.91 Å². The minimum absolute atomic E-state index is 0.119. The van der Waals surface area contributed by atoms with E-state index in [0.29, 0.717) is 15.1 Å². The molecule has 4 saturated carbocycles. The third-order valence-electron chi connectivity index (χ3n) is 7.09. The van der Waals surface area contributed by atoms with Crippen molar-refractivity contribution in [2.45, 2.75) is 43.9 Å². The number of amidine groups is 1. The Morgan fingerprint density at radius 1 is 1.10 bits per heavy atom. The van der Waals surface area contributed by atoms with Crippen LogP contribution < -0.4 is 5.32 Å². The maximum atomic E-state index is 12.4. The largest absolute Gasteiger partial charge is 0.300 e. The fourth-order valence-corrected chi connectivity index (χ4v) is 8.08. The molecular weight excluding hydrogens is 434 g/mol. The molecule has 4 bridgehead atoms. The number of amides is 1. The zero-order valence-corrected chi connectivity index (χ0v) is 18.8. The van der Waals surface area contributed by atoms with E-state index in [1.807, 2.05) is 30.3 Å². The molecule has 4 aliphatic carbocycles. The van der Waals surface area contributed by atoms with Gasteiger partial charge in [0.15, 0.2) is 5.17 Å². The van der Waals surface area contributed by atoms with Crippen molar-refractivity contribution in [1.82, 2.24) is 10.3 Å². The summed E-state index contributed by atoms with van der Waals surface area (Å²) in [6.07, 6.45) is 10.1. The Hall–Kier alpha value is -1.63. The quantitative estimate of drug-likeness (QED) is 0.564. The number of benzene rings is 1. The van der Waals surface area contributed by atoms with Crippen LogP contribution in [0.4, 0.5) is 5.13 Å². The topological polar surface area (TPSA) is 54.4 Å². The predicted molar refractivity (Wildman–Crippen MR) is 124 cm³/mol. The summed E-state index contributed by atoms with van der Waals surface area (Å²) in [7, 11) is 0. The maximum absolute atomic E-state index is 12.4. The normalized spacial score (nSPS) is 34.8. The van der Waals surface area contributed by atoms with Gasteiger partial charge in [0.1, 0.15) is 0 Å². The number of rotatable bonds is 3. The minimum atomic E-state index is -0.119. The SMILES string of the molecule is O=C1NC(=Nc2nc(C34CC5CC(CC(C5)C3)C4)cs2)S/C1=C\c1ccc(Cl)cc1. The number of aromatic nitrogens is 1. The van der Waals surface area contributed by atoms with Crippen LogP contribution in [0.1, 0.15) is 49.8 Å². The zero-order chi connectivity index (χ0) is 20.3. The first-order valence-electron chi connectivity index (χ1n) is 10.6. The van der Waals surface area contributed by atoms with Crippen molar-refractivity contribution >= 4 is 57.0 Å². The first kappa shape index (κ1) is 19.1. The molecule has 1 saturated heterocycles. The van der Waals surface area contributed by atoms with Gasteiger partial charge < -0.3 is 5.32 Å². The van der Waals surface area contributed by atoms with Gasteiger partial charge in [-0.25, -0.2) is 4.98 Å². The molecule has 0 radical (unpaired) electrons. The van der Waals surface area contributed by atoms with E-state index in [1.165, 1.54) is 56.0 Å². The fourth-order valence-electron chi connectivity index (χ4n) is 6.26. The molecule has 1 aliphatic heterocycles. The number of hydrogen-bond donors (Lipinski definition) is 1. The van der Waals surface area contributed by atoms with Crippen molar-refractivity contribution in [3.8, 4) is 0 Å². The summed E-state index contributed by atoms with van der Waals surface area (Å²) >= 11 is 8.90. The van der Waals surface area contributed by atoms with Crippen molar-refractivity contribution in [3.05, 3.63) is 50.8 Å². The van der Waals surface area contributed by atoms with Gasteiger partial charge in [0.05, 0.1) is 10.6 Å². The van der Waals surface area contributed by atoms with E-state index in [2.05, 4.69) is 15.7 Å².